The summed E-state index contributed by atoms with van der Waals surface area (Å²) in [4.78, 5) is 11.9. The van der Waals surface area contributed by atoms with Gasteiger partial charge in [0.2, 0.25) is 0 Å². The smallest absolute Gasteiger partial charge is 0.252 e. The molecule has 0 radical (unpaired) electrons. The second-order valence-electron chi connectivity index (χ2n) is 4.46. The number of rotatable bonds is 3. The quantitative estimate of drug-likeness (QED) is 0.931. The van der Waals surface area contributed by atoms with Crippen LogP contribution in [0.5, 0.6) is 0 Å². The Bertz CT molecular complexity index is 453. The van der Waals surface area contributed by atoms with E-state index in [0.29, 0.717) is 22.5 Å². The van der Waals surface area contributed by atoms with Crippen molar-refractivity contribution in [1.29, 1.82) is 0 Å². The molecule has 1 saturated heterocycles. The number of amides is 1. The average Bonchev–Trinajstić information content (AvgIpc) is 2.75. The van der Waals surface area contributed by atoms with Crippen LogP contribution in [0.4, 0.5) is 4.39 Å². The Hall–Kier alpha value is -0.940. The molecule has 1 aliphatic rings. The molecule has 1 aliphatic heterocycles. The first kappa shape index (κ1) is 13.5. The maximum absolute atomic E-state index is 13.1. The number of benzene rings is 1. The van der Waals surface area contributed by atoms with Gasteiger partial charge in [0.05, 0.1) is 11.7 Å². The van der Waals surface area contributed by atoms with Gasteiger partial charge in [0.15, 0.2) is 0 Å². The third-order valence-corrected chi connectivity index (χ3v) is 3.92. The first-order valence-electron chi connectivity index (χ1n) is 5.93. The third kappa shape index (κ3) is 3.09. The molecule has 18 heavy (non-hydrogen) atoms. The minimum Gasteiger partial charge on any atom is -0.378 e. The molecule has 2 unspecified atom stereocenters. The normalized spacial score (nSPS) is 23.1. The molecule has 1 heterocycles. The van der Waals surface area contributed by atoms with Crippen molar-refractivity contribution in [3.8, 4) is 0 Å². The van der Waals surface area contributed by atoms with Gasteiger partial charge in [0.25, 0.3) is 5.91 Å². The van der Waals surface area contributed by atoms with Crippen LogP contribution in [0.2, 0.25) is 0 Å². The zero-order valence-corrected chi connectivity index (χ0v) is 11.7. The van der Waals surface area contributed by atoms with Crippen molar-refractivity contribution >= 4 is 21.8 Å². The number of carbonyl (C=O) groups excluding carboxylic acids is 1. The summed E-state index contributed by atoms with van der Waals surface area (Å²) in [5.74, 6) is -0.345. The van der Waals surface area contributed by atoms with E-state index < -0.39 is 5.82 Å². The van der Waals surface area contributed by atoms with Crippen LogP contribution >= 0.6 is 15.9 Å². The van der Waals surface area contributed by atoms with Crippen LogP contribution in [0.1, 0.15) is 23.7 Å². The van der Waals surface area contributed by atoms with E-state index in [1.54, 1.807) is 0 Å². The molecule has 1 fully saturated rings. The van der Waals surface area contributed by atoms with E-state index in [-0.39, 0.29) is 12.0 Å². The van der Waals surface area contributed by atoms with Crippen molar-refractivity contribution < 1.29 is 13.9 Å². The fraction of sp³-hybridized carbons (Fsp3) is 0.462. The highest BCUT2D eigenvalue weighted by atomic mass is 79.9. The molecule has 5 heteroatoms. The van der Waals surface area contributed by atoms with E-state index in [1.165, 1.54) is 18.2 Å². The Kier molecular flexibility index (Phi) is 4.35. The largest absolute Gasteiger partial charge is 0.378 e. The molecule has 0 aliphatic carbocycles. The van der Waals surface area contributed by atoms with E-state index in [9.17, 15) is 9.18 Å². The maximum atomic E-state index is 13.1. The minimum absolute atomic E-state index is 0.168. The van der Waals surface area contributed by atoms with E-state index in [4.69, 9.17) is 4.74 Å². The minimum atomic E-state index is -0.416. The Balaban J connectivity index is 1.97. The molecule has 0 saturated carbocycles. The lowest BCUT2D eigenvalue weighted by Gasteiger charge is -2.15. The number of nitrogens with one attached hydrogen (secondary N) is 1. The number of halogens is 2. The second-order valence-corrected chi connectivity index (χ2v) is 5.31. The SMILES string of the molecule is CC1OCCC1CNC(=O)c1cc(F)ccc1Br. The van der Waals surface area contributed by atoms with Crippen molar-refractivity contribution in [2.75, 3.05) is 13.2 Å². The van der Waals surface area contributed by atoms with Crippen molar-refractivity contribution in [2.24, 2.45) is 5.92 Å². The molecule has 1 aromatic carbocycles. The Morgan fingerprint density at radius 1 is 1.61 bits per heavy atom. The first-order chi connectivity index (χ1) is 8.58. The van der Waals surface area contributed by atoms with Gasteiger partial charge in [-0.1, -0.05) is 0 Å². The van der Waals surface area contributed by atoms with E-state index in [1.807, 2.05) is 6.92 Å². The van der Waals surface area contributed by atoms with Gasteiger partial charge in [0, 0.05) is 23.5 Å². The lowest BCUT2D eigenvalue weighted by Crippen LogP contribution is -2.32. The molecular weight excluding hydrogens is 301 g/mol. The van der Waals surface area contributed by atoms with Crippen LogP contribution in [-0.4, -0.2) is 25.2 Å². The Morgan fingerprint density at radius 2 is 2.39 bits per heavy atom. The standard InChI is InChI=1S/C13H15BrFNO2/c1-8-9(4-5-18-8)7-16-13(17)11-6-10(15)2-3-12(11)14/h2-3,6,8-9H,4-5,7H2,1H3,(H,16,17). The first-order valence-corrected chi connectivity index (χ1v) is 6.72. The van der Waals surface area contributed by atoms with Crippen LogP contribution in [0.15, 0.2) is 22.7 Å². The fourth-order valence-corrected chi connectivity index (χ4v) is 2.46. The highest BCUT2D eigenvalue weighted by molar-refractivity contribution is 9.10. The molecular formula is C13H15BrFNO2. The molecule has 0 spiro atoms. The second kappa shape index (κ2) is 5.80. The van der Waals surface area contributed by atoms with Crippen molar-refractivity contribution in [3.05, 3.63) is 34.1 Å². The Labute approximate surface area is 114 Å². The summed E-state index contributed by atoms with van der Waals surface area (Å²) < 4.78 is 19.1. The van der Waals surface area contributed by atoms with Gasteiger partial charge in [-0.2, -0.15) is 0 Å². The summed E-state index contributed by atoms with van der Waals surface area (Å²) in [5, 5.41) is 2.82. The van der Waals surface area contributed by atoms with Crippen molar-refractivity contribution in [1.82, 2.24) is 5.32 Å². The monoisotopic (exact) mass is 315 g/mol. The maximum Gasteiger partial charge on any atom is 0.252 e. The lowest BCUT2D eigenvalue weighted by atomic mass is 10.0. The van der Waals surface area contributed by atoms with Crippen molar-refractivity contribution in [3.63, 3.8) is 0 Å². The molecule has 1 amide bonds. The number of hydrogen-bond acceptors (Lipinski definition) is 2. The van der Waals surface area contributed by atoms with Crippen LogP contribution in [-0.2, 0) is 4.74 Å². The van der Waals surface area contributed by atoms with Crippen LogP contribution < -0.4 is 5.32 Å². The molecule has 0 bridgehead atoms. The van der Waals surface area contributed by atoms with Gasteiger partial charge in [-0.25, -0.2) is 4.39 Å². The van der Waals surface area contributed by atoms with E-state index >= 15 is 0 Å². The molecule has 2 rings (SSSR count). The number of ether oxygens (including phenoxy) is 1. The van der Waals surface area contributed by atoms with Gasteiger partial charge in [0.1, 0.15) is 5.82 Å². The predicted molar refractivity (Wildman–Crippen MR) is 70.0 cm³/mol. The Morgan fingerprint density at radius 3 is 3.06 bits per heavy atom. The van der Waals surface area contributed by atoms with Crippen molar-refractivity contribution in [2.45, 2.75) is 19.4 Å². The summed E-state index contributed by atoms with van der Waals surface area (Å²) in [6.45, 7) is 3.30. The molecule has 1 aromatic rings. The predicted octanol–water partition coefficient (Wildman–Crippen LogP) is 2.74. The zero-order chi connectivity index (χ0) is 13.1. The topological polar surface area (TPSA) is 38.3 Å². The highest BCUT2D eigenvalue weighted by Gasteiger charge is 2.24. The summed E-state index contributed by atoms with van der Waals surface area (Å²) in [7, 11) is 0. The van der Waals surface area contributed by atoms with Crippen LogP contribution in [0.25, 0.3) is 0 Å². The van der Waals surface area contributed by atoms with E-state index in [0.717, 1.165) is 13.0 Å². The summed E-state index contributed by atoms with van der Waals surface area (Å²) >= 11 is 3.24. The highest BCUT2D eigenvalue weighted by Crippen LogP contribution is 2.21. The molecule has 98 valence electrons. The third-order valence-electron chi connectivity index (χ3n) is 3.23. The van der Waals surface area contributed by atoms with E-state index in [2.05, 4.69) is 21.2 Å². The number of carbonyl (C=O) groups is 1. The van der Waals surface area contributed by atoms with Gasteiger partial charge in [-0.05, 0) is 47.5 Å². The van der Waals surface area contributed by atoms with Crippen LogP contribution in [0.3, 0.4) is 0 Å². The van der Waals surface area contributed by atoms with Gasteiger partial charge < -0.3 is 10.1 Å². The summed E-state index contributed by atoms with van der Waals surface area (Å²) in [5.41, 5.74) is 0.321. The molecule has 1 N–H and O–H groups in total. The summed E-state index contributed by atoms with van der Waals surface area (Å²) in [6.07, 6.45) is 1.12. The van der Waals surface area contributed by atoms with Gasteiger partial charge in [-0.15, -0.1) is 0 Å². The zero-order valence-electron chi connectivity index (χ0n) is 10.1. The number of hydrogen-bond donors (Lipinski definition) is 1. The lowest BCUT2D eigenvalue weighted by molar-refractivity contribution is 0.0906. The fourth-order valence-electron chi connectivity index (χ4n) is 2.03. The average molecular weight is 316 g/mol. The molecule has 0 aromatic heterocycles. The molecule has 3 nitrogen and oxygen atoms in total. The van der Waals surface area contributed by atoms with Gasteiger partial charge in [-0.3, -0.25) is 4.79 Å². The van der Waals surface area contributed by atoms with Crippen LogP contribution in [0, 0.1) is 11.7 Å². The van der Waals surface area contributed by atoms with Gasteiger partial charge >= 0.3 is 0 Å². The summed E-state index contributed by atoms with van der Waals surface area (Å²) in [6, 6.07) is 4.08. The molecule has 2 atom stereocenters.